The Morgan fingerprint density at radius 2 is 1.63 bits per heavy atom. The Bertz CT molecular complexity index is 1230. The molecule has 35 heavy (non-hydrogen) atoms. The van der Waals surface area contributed by atoms with Crippen LogP contribution < -0.4 is 10.6 Å². The summed E-state index contributed by atoms with van der Waals surface area (Å²) in [6.07, 6.45) is -0.00672. The average Bonchev–Trinajstić information content (AvgIpc) is 3.15. The maximum atomic E-state index is 12.6. The van der Waals surface area contributed by atoms with Gasteiger partial charge in [0, 0.05) is 27.6 Å². The summed E-state index contributed by atoms with van der Waals surface area (Å²) in [4.78, 5) is 36.4. The van der Waals surface area contributed by atoms with Gasteiger partial charge in [0.15, 0.2) is 0 Å². The normalized spacial score (nSPS) is 12.9. The van der Waals surface area contributed by atoms with Crippen molar-refractivity contribution in [3.05, 3.63) is 87.0 Å². The molecule has 3 aromatic carbocycles. The Balaban J connectivity index is 1.34. The molecule has 0 radical (unpaired) electrons. The molecule has 0 saturated carbocycles. The minimum Gasteiger partial charge on any atom is -0.478 e. The largest absolute Gasteiger partial charge is 0.478 e. The predicted molar refractivity (Wildman–Crippen MR) is 142 cm³/mol. The topological polar surface area (TPSA) is 105 Å². The summed E-state index contributed by atoms with van der Waals surface area (Å²) in [7, 11) is 0. The van der Waals surface area contributed by atoms with Crippen LogP contribution in [0.5, 0.6) is 0 Å². The third-order valence-corrected chi connectivity index (χ3v) is 6.64. The second-order valence-electron chi connectivity index (χ2n) is 8.36. The fourth-order valence-electron chi connectivity index (χ4n) is 4.33. The zero-order chi connectivity index (χ0) is 24.9. The van der Waals surface area contributed by atoms with Crippen molar-refractivity contribution >= 4 is 46.2 Å². The Kier molecular flexibility index (Phi) is 7.70. The van der Waals surface area contributed by atoms with Crippen molar-refractivity contribution in [2.75, 3.05) is 11.9 Å². The van der Waals surface area contributed by atoms with E-state index in [1.54, 1.807) is 6.07 Å². The number of rotatable bonds is 8. The van der Waals surface area contributed by atoms with Gasteiger partial charge in [-0.2, -0.15) is 0 Å². The smallest absolute Gasteiger partial charge is 0.407 e. The van der Waals surface area contributed by atoms with Gasteiger partial charge in [0.25, 0.3) is 0 Å². The van der Waals surface area contributed by atoms with E-state index in [9.17, 15) is 19.5 Å². The number of anilines is 1. The van der Waals surface area contributed by atoms with E-state index < -0.39 is 18.1 Å². The molecule has 7 nitrogen and oxygen atoms in total. The van der Waals surface area contributed by atoms with Crippen LogP contribution in [0.1, 0.15) is 47.2 Å². The van der Waals surface area contributed by atoms with Crippen molar-refractivity contribution < 1.29 is 24.2 Å². The van der Waals surface area contributed by atoms with Crippen LogP contribution in [-0.2, 0) is 9.53 Å². The van der Waals surface area contributed by atoms with Crippen LogP contribution in [0, 0.1) is 3.57 Å². The number of carbonyl (C=O) groups is 3. The first-order valence-electron chi connectivity index (χ1n) is 11.3. The first kappa shape index (κ1) is 24.7. The zero-order valence-corrected chi connectivity index (χ0v) is 21.2. The summed E-state index contributed by atoms with van der Waals surface area (Å²) in [6.45, 7) is 2.07. The number of hydrogen-bond acceptors (Lipinski definition) is 4. The van der Waals surface area contributed by atoms with Crippen LogP contribution in [0.4, 0.5) is 10.5 Å². The van der Waals surface area contributed by atoms with Gasteiger partial charge in [0.05, 0.1) is 5.56 Å². The number of amides is 2. The lowest BCUT2D eigenvalue weighted by molar-refractivity contribution is -0.116. The molecular weight excluding hydrogens is 559 g/mol. The third kappa shape index (κ3) is 5.82. The molecule has 2 amide bonds. The number of carbonyl (C=O) groups excluding carboxylic acids is 2. The lowest BCUT2D eigenvalue weighted by Gasteiger charge is -2.19. The molecule has 0 bridgehead atoms. The molecule has 0 aliphatic heterocycles. The molecule has 1 aliphatic rings. The predicted octanol–water partition coefficient (Wildman–Crippen LogP) is 5.64. The van der Waals surface area contributed by atoms with Crippen molar-refractivity contribution in [3.8, 4) is 11.1 Å². The molecule has 0 saturated heterocycles. The van der Waals surface area contributed by atoms with Gasteiger partial charge in [0.1, 0.15) is 6.61 Å². The summed E-state index contributed by atoms with van der Waals surface area (Å²) < 4.78 is 6.28. The molecule has 180 valence electrons. The fraction of sp³-hybridized carbons (Fsp3) is 0.222. The highest BCUT2D eigenvalue weighted by Crippen LogP contribution is 2.44. The number of nitrogens with one attached hydrogen (secondary N) is 2. The van der Waals surface area contributed by atoms with E-state index in [1.165, 1.54) is 12.1 Å². The van der Waals surface area contributed by atoms with Crippen molar-refractivity contribution in [3.63, 3.8) is 0 Å². The van der Waals surface area contributed by atoms with Crippen molar-refractivity contribution in [1.29, 1.82) is 0 Å². The van der Waals surface area contributed by atoms with E-state index in [2.05, 4.69) is 34.9 Å². The standard InChI is InChI=1S/C27H25IN2O5/c1-2-18(14-25(31)29-19-12-16(26(32)33)11-17(28)13-19)30-27(34)35-15-24-22-9-5-3-7-20(22)21-8-4-6-10-23(21)24/h3-13,18,24H,2,14-15H2,1H3,(H,29,31)(H,30,34)(H,32,33)/t18-/m0/s1. The number of aromatic carboxylic acids is 1. The molecular formula is C27H25IN2O5. The molecule has 0 unspecified atom stereocenters. The number of fused-ring (bicyclic) bond motifs is 3. The van der Waals surface area contributed by atoms with Crippen LogP contribution >= 0.6 is 22.6 Å². The highest BCUT2D eigenvalue weighted by molar-refractivity contribution is 14.1. The Labute approximate surface area is 217 Å². The zero-order valence-electron chi connectivity index (χ0n) is 19.1. The molecule has 0 aromatic heterocycles. The summed E-state index contributed by atoms with van der Waals surface area (Å²) in [5, 5.41) is 14.7. The van der Waals surface area contributed by atoms with E-state index in [0.29, 0.717) is 15.7 Å². The molecule has 3 N–H and O–H groups in total. The Morgan fingerprint density at radius 3 is 2.23 bits per heavy atom. The minimum absolute atomic E-state index is 0.0363. The quantitative estimate of drug-likeness (QED) is 0.298. The van der Waals surface area contributed by atoms with E-state index >= 15 is 0 Å². The van der Waals surface area contributed by atoms with Gasteiger partial charge in [-0.15, -0.1) is 0 Å². The number of benzene rings is 3. The lowest BCUT2D eigenvalue weighted by Crippen LogP contribution is -2.38. The second-order valence-corrected chi connectivity index (χ2v) is 9.61. The van der Waals surface area contributed by atoms with Crippen LogP contribution in [0.2, 0.25) is 0 Å². The summed E-state index contributed by atoms with van der Waals surface area (Å²) >= 11 is 2.00. The lowest BCUT2D eigenvalue weighted by atomic mass is 9.98. The van der Waals surface area contributed by atoms with Crippen LogP contribution in [0.25, 0.3) is 11.1 Å². The molecule has 0 spiro atoms. The Morgan fingerprint density at radius 1 is 1.00 bits per heavy atom. The number of ether oxygens (including phenoxy) is 1. The van der Waals surface area contributed by atoms with Crippen LogP contribution in [-0.4, -0.2) is 35.7 Å². The second kappa shape index (κ2) is 10.9. The van der Waals surface area contributed by atoms with Gasteiger partial charge < -0.3 is 20.5 Å². The molecule has 0 heterocycles. The average molecular weight is 584 g/mol. The number of hydrogen-bond donors (Lipinski definition) is 3. The van der Waals surface area contributed by atoms with Crippen LogP contribution in [0.3, 0.4) is 0 Å². The number of carboxylic acids is 1. The monoisotopic (exact) mass is 584 g/mol. The SMILES string of the molecule is CC[C@@H](CC(=O)Nc1cc(I)cc(C(=O)O)c1)NC(=O)OCC1c2ccccc2-c2ccccc21. The summed E-state index contributed by atoms with van der Waals surface area (Å²) in [6, 6.07) is 20.4. The van der Waals surface area contributed by atoms with Gasteiger partial charge in [0.2, 0.25) is 5.91 Å². The molecule has 1 aliphatic carbocycles. The summed E-state index contributed by atoms with van der Waals surface area (Å²) in [5.74, 6) is -1.43. The Hall–Kier alpha value is -3.40. The van der Waals surface area contributed by atoms with Gasteiger partial charge in [-0.3, -0.25) is 4.79 Å². The van der Waals surface area contributed by atoms with Crippen molar-refractivity contribution in [2.24, 2.45) is 0 Å². The molecule has 3 aromatic rings. The van der Waals surface area contributed by atoms with Gasteiger partial charge in [-0.05, 0) is 69.5 Å². The van der Waals surface area contributed by atoms with E-state index in [1.807, 2.05) is 53.8 Å². The highest BCUT2D eigenvalue weighted by atomic mass is 127. The van der Waals surface area contributed by atoms with Gasteiger partial charge >= 0.3 is 12.1 Å². The maximum Gasteiger partial charge on any atom is 0.407 e. The molecule has 0 fully saturated rings. The number of carboxylic acid groups (broad SMARTS) is 1. The number of halogens is 1. The van der Waals surface area contributed by atoms with E-state index in [-0.39, 0.29) is 30.4 Å². The molecule has 4 rings (SSSR count). The van der Waals surface area contributed by atoms with Crippen molar-refractivity contribution in [2.45, 2.75) is 31.7 Å². The van der Waals surface area contributed by atoms with Crippen molar-refractivity contribution in [1.82, 2.24) is 5.32 Å². The minimum atomic E-state index is -1.07. The van der Waals surface area contributed by atoms with Gasteiger partial charge in [-0.25, -0.2) is 9.59 Å². The fourth-order valence-corrected chi connectivity index (χ4v) is 5.00. The van der Waals surface area contributed by atoms with E-state index in [0.717, 1.165) is 22.3 Å². The first-order valence-corrected chi connectivity index (χ1v) is 12.4. The number of alkyl carbamates (subject to hydrolysis) is 1. The highest BCUT2D eigenvalue weighted by Gasteiger charge is 2.29. The van der Waals surface area contributed by atoms with E-state index in [4.69, 9.17) is 4.74 Å². The van der Waals surface area contributed by atoms with Crippen LogP contribution in [0.15, 0.2) is 66.7 Å². The molecule has 8 heteroatoms. The summed E-state index contributed by atoms with van der Waals surface area (Å²) in [5.41, 5.74) is 5.06. The van der Waals surface area contributed by atoms with Gasteiger partial charge in [-0.1, -0.05) is 55.5 Å². The first-order chi connectivity index (χ1) is 16.9. The maximum absolute atomic E-state index is 12.6. The third-order valence-electron chi connectivity index (χ3n) is 6.02. The molecule has 1 atom stereocenters.